The summed E-state index contributed by atoms with van der Waals surface area (Å²) in [6.07, 6.45) is 30.2. The van der Waals surface area contributed by atoms with Gasteiger partial charge in [0, 0.05) is 0 Å². The van der Waals surface area contributed by atoms with Gasteiger partial charge in [0.25, 0.3) is 0 Å². The van der Waals surface area contributed by atoms with Gasteiger partial charge in [0.2, 0.25) is 0 Å². The normalized spacial score (nSPS) is 29.1. The molecule has 2 aliphatic rings. The van der Waals surface area contributed by atoms with Crippen molar-refractivity contribution in [3.63, 3.8) is 0 Å². The van der Waals surface area contributed by atoms with Crippen molar-refractivity contribution in [1.82, 2.24) is 0 Å². The van der Waals surface area contributed by atoms with Crippen LogP contribution in [0.3, 0.4) is 0 Å². The van der Waals surface area contributed by atoms with Crippen LogP contribution in [0.15, 0.2) is 24.3 Å². The molecule has 2 rings (SSSR count). The van der Waals surface area contributed by atoms with Crippen molar-refractivity contribution >= 4 is 0 Å². The van der Waals surface area contributed by atoms with Crippen molar-refractivity contribution in [2.24, 2.45) is 23.7 Å². The number of hydrogen-bond acceptors (Lipinski definition) is 0. The molecule has 0 nitrogen and oxygen atoms in total. The third-order valence-electron chi connectivity index (χ3n) is 6.95. The van der Waals surface area contributed by atoms with Crippen LogP contribution in [0.4, 0.5) is 0 Å². The van der Waals surface area contributed by atoms with Gasteiger partial charge >= 0.3 is 0 Å². The van der Waals surface area contributed by atoms with Gasteiger partial charge in [-0.2, -0.15) is 0 Å². The first-order valence-corrected chi connectivity index (χ1v) is 12.2. The largest absolute Gasteiger partial charge is 0.0730 e. The molecular formula is C27H44. The zero-order valence-corrected chi connectivity index (χ0v) is 18.2. The molecule has 2 fully saturated rings. The minimum atomic E-state index is 0.782. The predicted octanol–water partition coefficient (Wildman–Crippen LogP) is 8.49. The smallest absolute Gasteiger partial charge is 0.0153 e. The summed E-state index contributed by atoms with van der Waals surface area (Å²) < 4.78 is 0. The highest BCUT2D eigenvalue weighted by molar-refractivity contribution is 5.24. The van der Waals surface area contributed by atoms with Gasteiger partial charge in [-0.3, -0.25) is 0 Å². The Hall–Kier alpha value is -0.960. The molecule has 0 heteroatoms. The molecule has 0 unspecified atom stereocenters. The Kier molecular flexibility index (Phi) is 11.7. The lowest BCUT2D eigenvalue weighted by Crippen LogP contribution is -2.13. The fraction of sp³-hybridized carbons (Fsp3) is 0.778. The summed E-state index contributed by atoms with van der Waals surface area (Å²) in [7, 11) is 0. The average molecular weight is 369 g/mol. The Bertz CT molecular complexity index is 470. The molecule has 0 heterocycles. The van der Waals surface area contributed by atoms with Crippen LogP contribution in [0.25, 0.3) is 0 Å². The van der Waals surface area contributed by atoms with Crippen molar-refractivity contribution in [3.8, 4) is 11.8 Å². The second-order valence-corrected chi connectivity index (χ2v) is 9.21. The van der Waals surface area contributed by atoms with Crippen LogP contribution < -0.4 is 0 Å². The summed E-state index contributed by atoms with van der Waals surface area (Å²) in [5.74, 6) is 10.1. The van der Waals surface area contributed by atoms with Crippen molar-refractivity contribution in [2.75, 3.05) is 0 Å². The van der Waals surface area contributed by atoms with Gasteiger partial charge in [0.05, 0.1) is 0 Å². The molecule has 0 aliphatic heterocycles. The number of rotatable bonds is 9. The van der Waals surface area contributed by atoms with Gasteiger partial charge in [0.15, 0.2) is 0 Å². The van der Waals surface area contributed by atoms with E-state index in [0.717, 1.165) is 23.7 Å². The Morgan fingerprint density at radius 2 is 1.04 bits per heavy atom. The third-order valence-corrected chi connectivity index (χ3v) is 6.95. The molecule has 2 saturated carbocycles. The molecule has 0 bridgehead atoms. The third kappa shape index (κ3) is 9.69. The van der Waals surface area contributed by atoms with Gasteiger partial charge in [-0.05, 0) is 87.2 Å². The van der Waals surface area contributed by atoms with Crippen LogP contribution in [0.2, 0.25) is 0 Å². The second-order valence-electron chi connectivity index (χ2n) is 9.21. The molecule has 2 aliphatic carbocycles. The van der Waals surface area contributed by atoms with Gasteiger partial charge in [-0.15, -0.1) is 0 Å². The number of hydrogen-bond donors (Lipinski definition) is 0. The predicted molar refractivity (Wildman–Crippen MR) is 121 cm³/mol. The van der Waals surface area contributed by atoms with Crippen LogP contribution in [-0.4, -0.2) is 0 Å². The lowest BCUT2D eigenvalue weighted by molar-refractivity contribution is 0.289. The zero-order chi connectivity index (χ0) is 19.2. The van der Waals surface area contributed by atoms with E-state index in [4.69, 9.17) is 0 Å². The van der Waals surface area contributed by atoms with E-state index in [0.29, 0.717) is 0 Å². The summed E-state index contributed by atoms with van der Waals surface area (Å²) in [5.41, 5.74) is 0. The SMILES string of the molecule is CCCCC[C@H]1CC[C@H](/C=C/C#C/C=C/[C@H]2CC[C@H](CCCC)CC2)CC1. The van der Waals surface area contributed by atoms with Crippen molar-refractivity contribution < 1.29 is 0 Å². The Morgan fingerprint density at radius 1 is 0.593 bits per heavy atom. The lowest BCUT2D eigenvalue weighted by Gasteiger charge is -2.26. The first-order valence-electron chi connectivity index (χ1n) is 12.2. The maximum absolute atomic E-state index is 3.24. The summed E-state index contributed by atoms with van der Waals surface area (Å²) in [6.45, 7) is 4.61. The van der Waals surface area contributed by atoms with Crippen LogP contribution >= 0.6 is 0 Å². The van der Waals surface area contributed by atoms with E-state index in [-0.39, 0.29) is 0 Å². The highest BCUT2D eigenvalue weighted by Gasteiger charge is 2.19. The monoisotopic (exact) mass is 368 g/mol. The summed E-state index contributed by atoms with van der Waals surface area (Å²) in [6, 6.07) is 0. The standard InChI is InChI=1S/C27H44/c1-3-5-9-13-25-20-22-27(23-21-25)15-11-8-7-10-14-26-18-16-24(17-19-26)12-6-4-2/h10-11,14-15,24-27H,3-6,9,12-13,16-23H2,1-2H3/b14-10+,15-11+/t24-,25-,26-,27-. The topological polar surface area (TPSA) is 0 Å². The average Bonchev–Trinajstić information content (AvgIpc) is 2.71. The van der Waals surface area contributed by atoms with Crippen molar-refractivity contribution in [1.29, 1.82) is 0 Å². The Balaban J connectivity index is 1.57. The lowest BCUT2D eigenvalue weighted by atomic mass is 9.79. The molecule has 27 heavy (non-hydrogen) atoms. The van der Waals surface area contributed by atoms with E-state index in [1.165, 1.54) is 96.3 Å². The molecule has 0 aromatic rings. The molecular weight excluding hydrogens is 324 g/mol. The van der Waals surface area contributed by atoms with E-state index in [1.807, 2.05) is 0 Å². The van der Waals surface area contributed by atoms with E-state index >= 15 is 0 Å². The molecule has 0 radical (unpaired) electrons. The van der Waals surface area contributed by atoms with Gasteiger partial charge in [-0.25, -0.2) is 0 Å². The highest BCUT2D eigenvalue weighted by atomic mass is 14.2. The van der Waals surface area contributed by atoms with Gasteiger partial charge in [0.1, 0.15) is 0 Å². The Labute approximate surface area is 170 Å². The maximum Gasteiger partial charge on any atom is -0.0153 e. The second kappa shape index (κ2) is 14.1. The van der Waals surface area contributed by atoms with E-state index in [9.17, 15) is 0 Å². The fourth-order valence-corrected chi connectivity index (χ4v) is 4.98. The van der Waals surface area contributed by atoms with Crippen molar-refractivity contribution in [2.45, 2.75) is 110 Å². The van der Waals surface area contributed by atoms with Crippen LogP contribution in [0.5, 0.6) is 0 Å². The quantitative estimate of drug-likeness (QED) is 0.283. The van der Waals surface area contributed by atoms with Crippen LogP contribution in [-0.2, 0) is 0 Å². The van der Waals surface area contributed by atoms with E-state index < -0.39 is 0 Å². The molecule has 0 atom stereocenters. The maximum atomic E-state index is 3.24. The summed E-state index contributed by atoms with van der Waals surface area (Å²) >= 11 is 0. The molecule has 152 valence electrons. The Morgan fingerprint density at radius 3 is 1.48 bits per heavy atom. The molecule has 0 aromatic heterocycles. The van der Waals surface area contributed by atoms with Crippen LogP contribution in [0.1, 0.15) is 110 Å². The van der Waals surface area contributed by atoms with Gasteiger partial charge in [-0.1, -0.05) is 82.8 Å². The molecule has 0 N–H and O–H groups in total. The van der Waals surface area contributed by atoms with Crippen LogP contribution in [0, 0.1) is 35.5 Å². The molecule has 0 spiro atoms. The van der Waals surface area contributed by atoms with Gasteiger partial charge < -0.3 is 0 Å². The summed E-state index contributed by atoms with van der Waals surface area (Å²) in [5, 5.41) is 0. The van der Waals surface area contributed by atoms with E-state index in [2.05, 4.69) is 50.0 Å². The summed E-state index contributed by atoms with van der Waals surface area (Å²) in [4.78, 5) is 0. The molecule has 0 amide bonds. The van der Waals surface area contributed by atoms with E-state index in [1.54, 1.807) is 0 Å². The zero-order valence-electron chi connectivity index (χ0n) is 18.2. The molecule has 0 saturated heterocycles. The molecule has 0 aromatic carbocycles. The minimum absolute atomic E-state index is 0.782. The number of allylic oxidation sites excluding steroid dienone is 4. The van der Waals surface area contributed by atoms with Crippen molar-refractivity contribution in [3.05, 3.63) is 24.3 Å². The minimum Gasteiger partial charge on any atom is -0.0730 e. The first-order chi connectivity index (χ1) is 13.3. The number of unbranched alkanes of at least 4 members (excludes halogenated alkanes) is 3. The fourth-order valence-electron chi connectivity index (χ4n) is 4.98. The first kappa shape index (κ1) is 22.3. The highest BCUT2D eigenvalue weighted by Crippen LogP contribution is 2.33.